The molecule has 2 aromatic carbocycles. The highest BCUT2D eigenvalue weighted by Crippen LogP contribution is 2.24. The molecule has 0 bridgehead atoms. The van der Waals surface area contributed by atoms with Gasteiger partial charge in [-0.25, -0.2) is 4.39 Å². The standard InChI is InChI=1S/C13H9Cl2F/c14-11-6-5-9(12(15)8-11)7-10-3-1-2-4-13(10)16/h1-6,8H,7H2. The molecule has 0 spiro atoms. The van der Waals surface area contributed by atoms with Gasteiger partial charge in [0.2, 0.25) is 0 Å². The third-order valence-electron chi connectivity index (χ3n) is 2.35. The van der Waals surface area contributed by atoms with Crippen molar-refractivity contribution < 1.29 is 4.39 Å². The quantitative estimate of drug-likeness (QED) is 0.728. The van der Waals surface area contributed by atoms with Crippen LogP contribution in [0.5, 0.6) is 0 Å². The normalized spacial score (nSPS) is 10.4. The molecular weight excluding hydrogens is 246 g/mol. The molecule has 0 aromatic heterocycles. The minimum atomic E-state index is -0.214. The van der Waals surface area contributed by atoms with Gasteiger partial charge in [-0.15, -0.1) is 0 Å². The van der Waals surface area contributed by atoms with Crippen LogP contribution in [-0.4, -0.2) is 0 Å². The molecular formula is C13H9Cl2F. The Morgan fingerprint density at radius 2 is 1.69 bits per heavy atom. The smallest absolute Gasteiger partial charge is 0.126 e. The van der Waals surface area contributed by atoms with Crippen LogP contribution >= 0.6 is 23.2 Å². The van der Waals surface area contributed by atoms with Crippen LogP contribution in [0.4, 0.5) is 4.39 Å². The lowest BCUT2D eigenvalue weighted by Crippen LogP contribution is -1.92. The summed E-state index contributed by atoms with van der Waals surface area (Å²) in [7, 11) is 0. The topological polar surface area (TPSA) is 0 Å². The largest absolute Gasteiger partial charge is 0.207 e. The average molecular weight is 255 g/mol. The number of benzene rings is 2. The van der Waals surface area contributed by atoms with Gasteiger partial charge in [0, 0.05) is 16.5 Å². The summed E-state index contributed by atoms with van der Waals surface area (Å²) in [6.07, 6.45) is 0.475. The van der Waals surface area contributed by atoms with E-state index in [1.165, 1.54) is 6.07 Å². The fourth-order valence-corrected chi connectivity index (χ4v) is 1.99. The van der Waals surface area contributed by atoms with Crippen molar-refractivity contribution in [3.8, 4) is 0 Å². The van der Waals surface area contributed by atoms with E-state index < -0.39 is 0 Å². The van der Waals surface area contributed by atoms with Crippen LogP contribution in [0.3, 0.4) is 0 Å². The lowest BCUT2D eigenvalue weighted by Gasteiger charge is -2.05. The fraction of sp³-hybridized carbons (Fsp3) is 0.0769. The second kappa shape index (κ2) is 4.86. The van der Waals surface area contributed by atoms with Gasteiger partial charge >= 0.3 is 0 Å². The first-order valence-electron chi connectivity index (χ1n) is 4.84. The summed E-state index contributed by atoms with van der Waals surface area (Å²) in [5.74, 6) is -0.214. The van der Waals surface area contributed by atoms with Crippen LogP contribution in [0.15, 0.2) is 42.5 Å². The SMILES string of the molecule is Fc1ccccc1Cc1ccc(Cl)cc1Cl. The Bertz CT molecular complexity index is 509. The zero-order valence-corrected chi connectivity index (χ0v) is 9.89. The molecule has 0 fully saturated rings. The van der Waals surface area contributed by atoms with E-state index in [0.29, 0.717) is 22.0 Å². The first-order chi connectivity index (χ1) is 7.66. The maximum atomic E-state index is 13.4. The molecule has 0 heterocycles. The summed E-state index contributed by atoms with van der Waals surface area (Å²) in [6, 6.07) is 11.9. The van der Waals surface area contributed by atoms with Crippen LogP contribution in [0.25, 0.3) is 0 Å². The van der Waals surface area contributed by atoms with E-state index in [-0.39, 0.29) is 5.82 Å². The van der Waals surface area contributed by atoms with Crippen LogP contribution < -0.4 is 0 Å². The van der Waals surface area contributed by atoms with Crippen LogP contribution in [0.1, 0.15) is 11.1 Å². The molecule has 2 rings (SSSR count). The van der Waals surface area contributed by atoms with Gasteiger partial charge in [0.25, 0.3) is 0 Å². The molecule has 0 saturated carbocycles. The Balaban J connectivity index is 2.31. The molecule has 82 valence electrons. The summed E-state index contributed by atoms with van der Waals surface area (Å²) in [6.45, 7) is 0. The third kappa shape index (κ3) is 2.55. The van der Waals surface area contributed by atoms with E-state index in [2.05, 4.69) is 0 Å². The van der Waals surface area contributed by atoms with Crippen LogP contribution in [0, 0.1) is 5.82 Å². The van der Waals surface area contributed by atoms with Crippen molar-refractivity contribution in [2.45, 2.75) is 6.42 Å². The highest BCUT2D eigenvalue weighted by Gasteiger charge is 2.05. The zero-order chi connectivity index (χ0) is 11.5. The molecule has 2 aromatic rings. The van der Waals surface area contributed by atoms with Gasteiger partial charge in [0.15, 0.2) is 0 Å². The van der Waals surface area contributed by atoms with E-state index in [9.17, 15) is 4.39 Å². The molecule has 0 aliphatic heterocycles. The molecule has 16 heavy (non-hydrogen) atoms. The number of hydrogen-bond donors (Lipinski definition) is 0. The Morgan fingerprint density at radius 1 is 0.938 bits per heavy atom. The highest BCUT2D eigenvalue weighted by molar-refractivity contribution is 6.35. The zero-order valence-electron chi connectivity index (χ0n) is 8.38. The average Bonchev–Trinajstić information content (AvgIpc) is 2.25. The van der Waals surface area contributed by atoms with E-state index in [4.69, 9.17) is 23.2 Å². The van der Waals surface area contributed by atoms with Crippen molar-refractivity contribution in [1.82, 2.24) is 0 Å². The second-order valence-electron chi connectivity index (χ2n) is 3.50. The van der Waals surface area contributed by atoms with Gasteiger partial charge in [0.1, 0.15) is 5.82 Å². The van der Waals surface area contributed by atoms with Gasteiger partial charge in [0.05, 0.1) is 0 Å². The Labute approximate surface area is 104 Å². The summed E-state index contributed by atoms with van der Waals surface area (Å²) < 4.78 is 13.4. The third-order valence-corrected chi connectivity index (χ3v) is 2.94. The molecule has 0 aliphatic carbocycles. The minimum Gasteiger partial charge on any atom is -0.207 e. The van der Waals surface area contributed by atoms with E-state index in [0.717, 1.165) is 5.56 Å². The Morgan fingerprint density at radius 3 is 2.38 bits per heavy atom. The predicted molar refractivity (Wildman–Crippen MR) is 65.7 cm³/mol. The van der Waals surface area contributed by atoms with Gasteiger partial charge < -0.3 is 0 Å². The molecule has 0 atom stereocenters. The Kier molecular flexibility index (Phi) is 3.47. The molecule has 0 saturated heterocycles. The molecule has 0 N–H and O–H groups in total. The van der Waals surface area contributed by atoms with Crippen molar-refractivity contribution >= 4 is 23.2 Å². The van der Waals surface area contributed by atoms with Crippen LogP contribution in [0.2, 0.25) is 10.0 Å². The van der Waals surface area contributed by atoms with Gasteiger partial charge in [-0.2, -0.15) is 0 Å². The van der Waals surface area contributed by atoms with Crippen LogP contribution in [-0.2, 0) is 6.42 Å². The molecule has 0 amide bonds. The van der Waals surface area contributed by atoms with Gasteiger partial charge in [-0.05, 0) is 29.3 Å². The van der Waals surface area contributed by atoms with E-state index in [1.807, 2.05) is 12.1 Å². The summed E-state index contributed by atoms with van der Waals surface area (Å²) in [5.41, 5.74) is 1.50. The fourth-order valence-electron chi connectivity index (χ4n) is 1.51. The first-order valence-corrected chi connectivity index (χ1v) is 5.60. The van der Waals surface area contributed by atoms with Crippen molar-refractivity contribution in [2.24, 2.45) is 0 Å². The highest BCUT2D eigenvalue weighted by atomic mass is 35.5. The molecule has 0 radical (unpaired) electrons. The molecule has 3 heteroatoms. The van der Waals surface area contributed by atoms with Crippen molar-refractivity contribution in [3.05, 3.63) is 69.5 Å². The first kappa shape index (κ1) is 11.4. The lowest BCUT2D eigenvalue weighted by molar-refractivity contribution is 0.614. The number of rotatable bonds is 2. The summed E-state index contributed by atoms with van der Waals surface area (Å²) in [4.78, 5) is 0. The number of halogens is 3. The van der Waals surface area contributed by atoms with Gasteiger partial charge in [-0.3, -0.25) is 0 Å². The molecule has 0 aliphatic rings. The molecule has 0 unspecified atom stereocenters. The Hall–Kier alpha value is -1.05. The lowest BCUT2D eigenvalue weighted by atomic mass is 10.0. The van der Waals surface area contributed by atoms with E-state index >= 15 is 0 Å². The van der Waals surface area contributed by atoms with Crippen molar-refractivity contribution in [3.63, 3.8) is 0 Å². The van der Waals surface area contributed by atoms with E-state index in [1.54, 1.807) is 24.3 Å². The maximum Gasteiger partial charge on any atom is 0.126 e. The van der Waals surface area contributed by atoms with Crippen molar-refractivity contribution in [2.75, 3.05) is 0 Å². The molecule has 0 nitrogen and oxygen atoms in total. The van der Waals surface area contributed by atoms with Gasteiger partial charge in [-0.1, -0.05) is 47.5 Å². The van der Waals surface area contributed by atoms with Crippen molar-refractivity contribution in [1.29, 1.82) is 0 Å². The number of hydrogen-bond acceptors (Lipinski definition) is 0. The minimum absolute atomic E-state index is 0.214. The monoisotopic (exact) mass is 254 g/mol. The summed E-state index contributed by atoms with van der Waals surface area (Å²) in [5, 5.41) is 1.15. The second-order valence-corrected chi connectivity index (χ2v) is 4.35. The summed E-state index contributed by atoms with van der Waals surface area (Å²) >= 11 is 11.8. The maximum absolute atomic E-state index is 13.4. The predicted octanol–water partition coefficient (Wildman–Crippen LogP) is 4.72.